The number of nitrogens with one attached hydrogen (secondary N) is 1. The molecule has 0 bridgehead atoms. The maximum atomic E-state index is 9.72. The molecule has 0 aliphatic carbocycles. The smallest absolute Gasteiger partial charge is 0.149 e. The molecule has 152 valence electrons. The zero-order chi connectivity index (χ0) is 21.8. The third kappa shape index (κ3) is 3.88. The van der Waals surface area contributed by atoms with Gasteiger partial charge in [-0.3, -0.25) is 0 Å². The van der Waals surface area contributed by atoms with Crippen LogP contribution in [0.3, 0.4) is 0 Å². The van der Waals surface area contributed by atoms with Crippen LogP contribution >= 0.6 is 0 Å². The molecule has 0 fully saturated rings. The molecule has 1 aromatic heterocycles. The summed E-state index contributed by atoms with van der Waals surface area (Å²) in [5.41, 5.74) is 6.41. The lowest BCUT2D eigenvalue weighted by atomic mass is 10.1. The van der Waals surface area contributed by atoms with E-state index in [1.54, 1.807) is 0 Å². The van der Waals surface area contributed by atoms with E-state index in [0.29, 0.717) is 11.4 Å². The van der Waals surface area contributed by atoms with Gasteiger partial charge in [-0.15, -0.1) is 0 Å². The first-order valence-electron chi connectivity index (χ1n) is 10.4. The summed E-state index contributed by atoms with van der Waals surface area (Å²) in [7, 11) is 0. The minimum atomic E-state index is 0.497. The van der Waals surface area contributed by atoms with Crippen molar-refractivity contribution < 1.29 is 0 Å². The van der Waals surface area contributed by atoms with Crippen LogP contribution in [-0.4, -0.2) is 9.97 Å². The lowest BCUT2D eigenvalue weighted by Crippen LogP contribution is -2.09. The molecule has 0 atom stereocenters. The number of aromatic amines is 1. The maximum Gasteiger partial charge on any atom is 0.149 e. The molecule has 0 unspecified atom stereocenters. The van der Waals surface area contributed by atoms with Crippen LogP contribution in [0.15, 0.2) is 109 Å². The average molecular weight is 412 g/mol. The van der Waals surface area contributed by atoms with Gasteiger partial charge in [0.2, 0.25) is 0 Å². The predicted molar refractivity (Wildman–Crippen MR) is 131 cm³/mol. The zero-order valence-electron chi connectivity index (χ0n) is 17.3. The van der Waals surface area contributed by atoms with Crippen molar-refractivity contribution in [3.8, 4) is 6.07 Å². The van der Waals surface area contributed by atoms with E-state index < -0.39 is 0 Å². The average Bonchev–Trinajstić information content (AvgIpc) is 3.29. The van der Waals surface area contributed by atoms with Crippen molar-refractivity contribution in [1.29, 1.82) is 5.26 Å². The van der Waals surface area contributed by atoms with Crippen molar-refractivity contribution in [2.45, 2.75) is 0 Å². The van der Waals surface area contributed by atoms with Crippen LogP contribution in [0, 0.1) is 11.3 Å². The van der Waals surface area contributed by atoms with Gasteiger partial charge in [0.05, 0.1) is 16.6 Å². The van der Waals surface area contributed by atoms with Crippen molar-refractivity contribution in [2.75, 3.05) is 4.90 Å². The third-order valence-corrected chi connectivity index (χ3v) is 5.26. The molecule has 5 rings (SSSR count). The Morgan fingerprint density at radius 2 is 1.28 bits per heavy atom. The number of benzene rings is 4. The molecule has 0 amide bonds. The van der Waals surface area contributed by atoms with Crippen LogP contribution in [0.5, 0.6) is 0 Å². The monoisotopic (exact) mass is 412 g/mol. The molecule has 4 heteroatoms. The number of nitrogens with zero attached hydrogens (tertiary/aromatic N) is 3. The normalized spacial score (nSPS) is 11.3. The Kier molecular flexibility index (Phi) is 5.22. The van der Waals surface area contributed by atoms with Crippen LogP contribution in [0.1, 0.15) is 11.4 Å². The summed E-state index contributed by atoms with van der Waals surface area (Å²) in [4.78, 5) is 9.99. The van der Waals surface area contributed by atoms with E-state index in [1.165, 1.54) is 0 Å². The van der Waals surface area contributed by atoms with Crippen LogP contribution in [-0.2, 0) is 0 Å². The number of hydrogen-bond donors (Lipinski definition) is 1. The summed E-state index contributed by atoms with van der Waals surface area (Å²) < 4.78 is 0. The van der Waals surface area contributed by atoms with E-state index in [4.69, 9.17) is 0 Å². The second kappa shape index (κ2) is 8.63. The number of nitriles is 1. The van der Waals surface area contributed by atoms with Crippen molar-refractivity contribution in [3.63, 3.8) is 0 Å². The molecular formula is C28H20N4. The topological polar surface area (TPSA) is 55.7 Å². The molecule has 1 N–H and O–H groups in total. The summed E-state index contributed by atoms with van der Waals surface area (Å²) in [5, 5.41) is 9.72. The lowest BCUT2D eigenvalue weighted by molar-refractivity contribution is 1.27. The van der Waals surface area contributed by atoms with E-state index in [-0.39, 0.29) is 0 Å². The molecule has 0 saturated carbocycles. The number of allylic oxidation sites excluding steroid dienone is 1. The number of hydrogen-bond acceptors (Lipinski definition) is 3. The van der Waals surface area contributed by atoms with E-state index in [9.17, 15) is 5.26 Å². The Morgan fingerprint density at radius 1 is 0.719 bits per heavy atom. The van der Waals surface area contributed by atoms with Gasteiger partial charge in [-0.2, -0.15) is 5.26 Å². The molecule has 0 aliphatic heterocycles. The Labute approximate surface area is 186 Å². The number of anilines is 3. The predicted octanol–water partition coefficient (Wildman–Crippen LogP) is 7.10. The molecule has 5 aromatic rings. The van der Waals surface area contributed by atoms with Gasteiger partial charge >= 0.3 is 0 Å². The summed E-state index contributed by atoms with van der Waals surface area (Å²) in [6, 6.07) is 38.8. The van der Waals surface area contributed by atoms with Gasteiger partial charge in [-0.05, 0) is 60.2 Å². The SMILES string of the molecule is N#C/C(=C/c1ccc(N(c2ccccc2)c2ccccc2)cc1)c1nc2ccccc2[nH]1. The molecule has 0 radical (unpaired) electrons. The fraction of sp³-hybridized carbons (Fsp3) is 0. The van der Waals surface area contributed by atoms with Gasteiger partial charge in [0.15, 0.2) is 0 Å². The van der Waals surface area contributed by atoms with Crippen LogP contribution in [0.4, 0.5) is 17.1 Å². The number of H-pyrrole nitrogens is 1. The van der Waals surface area contributed by atoms with Crippen LogP contribution in [0.2, 0.25) is 0 Å². The molecule has 32 heavy (non-hydrogen) atoms. The molecule has 0 spiro atoms. The summed E-state index contributed by atoms with van der Waals surface area (Å²) in [6.07, 6.45) is 1.86. The number of rotatable bonds is 5. The highest BCUT2D eigenvalue weighted by Crippen LogP contribution is 2.34. The van der Waals surface area contributed by atoms with Gasteiger partial charge in [0.1, 0.15) is 11.9 Å². The Bertz CT molecular complexity index is 1340. The summed E-state index contributed by atoms with van der Waals surface area (Å²) >= 11 is 0. The highest BCUT2D eigenvalue weighted by atomic mass is 15.1. The van der Waals surface area contributed by atoms with Crippen molar-refractivity contribution in [3.05, 3.63) is 121 Å². The van der Waals surface area contributed by atoms with Gasteiger partial charge in [0.25, 0.3) is 0 Å². The highest BCUT2D eigenvalue weighted by molar-refractivity contribution is 5.90. The van der Waals surface area contributed by atoms with Crippen LogP contribution < -0.4 is 4.90 Å². The minimum Gasteiger partial charge on any atom is -0.337 e. The molecule has 1 heterocycles. The highest BCUT2D eigenvalue weighted by Gasteiger charge is 2.12. The summed E-state index contributed by atoms with van der Waals surface area (Å²) in [5.74, 6) is 0.577. The molecule has 4 nitrogen and oxygen atoms in total. The second-order valence-corrected chi connectivity index (χ2v) is 7.37. The first-order chi connectivity index (χ1) is 15.8. The van der Waals surface area contributed by atoms with Crippen molar-refractivity contribution >= 4 is 39.7 Å². The molecule has 0 saturated heterocycles. The fourth-order valence-corrected chi connectivity index (χ4v) is 3.72. The standard InChI is InChI=1S/C28H20N4/c29-20-22(28-30-26-13-7-8-14-27(26)31-28)19-21-15-17-25(18-16-21)32(23-9-3-1-4-10-23)24-11-5-2-6-12-24/h1-19H,(H,30,31)/b22-19-. The second-order valence-electron chi connectivity index (χ2n) is 7.37. The number of fused-ring (bicyclic) bond motifs is 1. The fourth-order valence-electron chi connectivity index (χ4n) is 3.72. The Morgan fingerprint density at radius 3 is 1.88 bits per heavy atom. The quantitative estimate of drug-likeness (QED) is 0.313. The number of aromatic nitrogens is 2. The minimum absolute atomic E-state index is 0.497. The number of para-hydroxylation sites is 4. The Hall–Kier alpha value is -4.62. The summed E-state index contributed by atoms with van der Waals surface area (Å²) in [6.45, 7) is 0. The van der Waals surface area contributed by atoms with E-state index in [0.717, 1.165) is 33.7 Å². The van der Waals surface area contributed by atoms with Crippen molar-refractivity contribution in [2.24, 2.45) is 0 Å². The van der Waals surface area contributed by atoms with Gasteiger partial charge in [-0.25, -0.2) is 4.98 Å². The lowest BCUT2D eigenvalue weighted by Gasteiger charge is -2.25. The number of imidazole rings is 1. The Balaban J connectivity index is 1.50. The van der Waals surface area contributed by atoms with Gasteiger partial charge in [-0.1, -0.05) is 60.7 Å². The third-order valence-electron chi connectivity index (χ3n) is 5.26. The zero-order valence-corrected chi connectivity index (χ0v) is 17.3. The van der Waals surface area contributed by atoms with E-state index in [2.05, 4.69) is 57.3 Å². The van der Waals surface area contributed by atoms with E-state index >= 15 is 0 Å². The first-order valence-corrected chi connectivity index (χ1v) is 10.4. The van der Waals surface area contributed by atoms with Crippen LogP contribution in [0.25, 0.3) is 22.7 Å². The first kappa shape index (κ1) is 19.3. The molecule has 0 aliphatic rings. The molecular weight excluding hydrogens is 392 g/mol. The largest absolute Gasteiger partial charge is 0.337 e. The maximum absolute atomic E-state index is 9.72. The molecule has 4 aromatic carbocycles. The van der Waals surface area contributed by atoms with Crippen molar-refractivity contribution in [1.82, 2.24) is 9.97 Å². The van der Waals surface area contributed by atoms with Gasteiger partial charge < -0.3 is 9.88 Å². The van der Waals surface area contributed by atoms with Gasteiger partial charge in [0, 0.05) is 17.1 Å². The van der Waals surface area contributed by atoms with E-state index in [1.807, 2.05) is 78.9 Å².